The van der Waals surface area contributed by atoms with Gasteiger partial charge in [-0.05, 0) is 75.0 Å². The highest BCUT2D eigenvalue weighted by Crippen LogP contribution is 2.42. The van der Waals surface area contributed by atoms with Crippen LogP contribution in [0.2, 0.25) is 0 Å². The van der Waals surface area contributed by atoms with Crippen LogP contribution in [-0.2, 0) is 20.7 Å². The summed E-state index contributed by atoms with van der Waals surface area (Å²) in [5, 5.41) is 3.27. The summed E-state index contributed by atoms with van der Waals surface area (Å²) in [6, 6.07) is 2.12. The van der Waals surface area contributed by atoms with Gasteiger partial charge in [0.05, 0.1) is 24.0 Å². The second-order valence-corrected chi connectivity index (χ2v) is 10.00. The van der Waals surface area contributed by atoms with Gasteiger partial charge in [-0.3, -0.25) is 9.78 Å². The van der Waals surface area contributed by atoms with Crippen LogP contribution >= 0.6 is 0 Å². The molecular weight excluding hydrogens is 433 g/mol. The Kier molecular flexibility index (Phi) is 8.38. The number of aromatic nitrogens is 1. The average Bonchev–Trinajstić information content (AvgIpc) is 3.70. The monoisotopic (exact) mass is 473 g/mol. The van der Waals surface area contributed by atoms with Gasteiger partial charge in [-0.25, -0.2) is 4.39 Å². The summed E-state index contributed by atoms with van der Waals surface area (Å²) >= 11 is 0. The second kappa shape index (κ2) is 11.3. The predicted molar refractivity (Wildman–Crippen MR) is 131 cm³/mol. The van der Waals surface area contributed by atoms with Gasteiger partial charge in [0.2, 0.25) is 0 Å². The molecule has 1 aromatic heterocycles. The fourth-order valence-corrected chi connectivity index (χ4v) is 5.49. The minimum atomic E-state index is -0.451. The number of aryl methyl sites for hydroxylation is 1. The van der Waals surface area contributed by atoms with Crippen LogP contribution in [0.5, 0.6) is 0 Å². The van der Waals surface area contributed by atoms with Gasteiger partial charge in [0.15, 0.2) is 0 Å². The number of methoxy groups -OCH3 is 1. The van der Waals surface area contributed by atoms with E-state index in [2.05, 4.69) is 25.2 Å². The number of allylic oxidation sites excluding steroid dienone is 1. The maximum atomic E-state index is 15.3. The number of ether oxygens (including phenoxy) is 2. The highest BCUT2D eigenvalue weighted by molar-refractivity contribution is 5.82. The molecule has 188 valence electrons. The Bertz CT molecular complexity index is 895. The highest BCUT2D eigenvalue weighted by atomic mass is 19.1. The summed E-state index contributed by atoms with van der Waals surface area (Å²) in [6.07, 6.45) is 6.64. The quantitative estimate of drug-likeness (QED) is 0.534. The molecule has 2 fully saturated rings. The van der Waals surface area contributed by atoms with Crippen LogP contribution in [0, 0.1) is 5.92 Å². The first-order valence-corrected chi connectivity index (χ1v) is 13.0. The van der Waals surface area contributed by atoms with Crippen LogP contribution in [0.15, 0.2) is 12.1 Å². The maximum absolute atomic E-state index is 15.3. The zero-order chi connectivity index (χ0) is 24.2. The smallest absolute Gasteiger partial charge is 0.253 e. The van der Waals surface area contributed by atoms with Crippen molar-refractivity contribution in [3.05, 3.63) is 34.7 Å². The number of halogens is 1. The third kappa shape index (κ3) is 5.37. The van der Waals surface area contributed by atoms with Gasteiger partial charge in [0.1, 0.15) is 11.9 Å². The molecular formula is C27H40FN3O3. The van der Waals surface area contributed by atoms with Crippen molar-refractivity contribution < 1.29 is 18.7 Å². The average molecular weight is 474 g/mol. The molecule has 0 radical (unpaired) electrons. The third-order valence-corrected chi connectivity index (χ3v) is 7.68. The highest BCUT2D eigenvalue weighted by Gasteiger charge is 2.41. The van der Waals surface area contributed by atoms with Gasteiger partial charge in [0, 0.05) is 38.4 Å². The molecule has 2 aliphatic carbocycles. The lowest BCUT2D eigenvalue weighted by Gasteiger charge is -2.34. The molecule has 34 heavy (non-hydrogen) atoms. The van der Waals surface area contributed by atoms with Crippen LogP contribution in [0.4, 0.5) is 4.39 Å². The first-order valence-electron chi connectivity index (χ1n) is 13.0. The van der Waals surface area contributed by atoms with Crippen LogP contribution in [0.3, 0.4) is 0 Å². The summed E-state index contributed by atoms with van der Waals surface area (Å²) in [5.74, 6) is 0.428. The van der Waals surface area contributed by atoms with E-state index in [-0.39, 0.29) is 29.7 Å². The number of carbonyl (C=O) groups is 1. The number of carbonyl (C=O) groups excluding carboxylic acids is 1. The Hall–Kier alpha value is -1.83. The molecule has 3 aliphatic rings. The van der Waals surface area contributed by atoms with Crippen molar-refractivity contribution in [3.8, 4) is 0 Å². The van der Waals surface area contributed by atoms with Gasteiger partial charge in [0.25, 0.3) is 5.91 Å². The van der Waals surface area contributed by atoms with E-state index in [1.807, 2.05) is 11.8 Å². The molecule has 1 aliphatic heterocycles. The number of rotatable bonds is 9. The molecule has 1 saturated carbocycles. The zero-order valence-corrected chi connectivity index (χ0v) is 21.1. The number of fused-ring (bicyclic) bond motifs is 1. The largest absolute Gasteiger partial charge is 0.385 e. The summed E-state index contributed by atoms with van der Waals surface area (Å²) in [6.45, 7) is 8.89. The van der Waals surface area contributed by atoms with Gasteiger partial charge >= 0.3 is 0 Å². The number of morpholine rings is 1. The summed E-state index contributed by atoms with van der Waals surface area (Å²) in [7, 11) is 1.72. The number of nitrogens with zero attached hydrogens (tertiary/aromatic N) is 2. The van der Waals surface area contributed by atoms with Crippen molar-refractivity contribution in [1.29, 1.82) is 0 Å². The van der Waals surface area contributed by atoms with Gasteiger partial charge in [-0.1, -0.05) is 13.8 Å². The Balaban J connectivity index is 1.66. The van der Waals surface area contributed by atoms with Crippen LogP contribution in [0.1, 0.15) is 87.3 Å². The maximum Gasteiger partial charge on any atom is 0.253 e. The van der Waals surface area contributed by atoms with Gasteiger partial charge in [-0.15, -0.1) is 0 Å². The molecule has 0 spiro atoms. The minimum absolute atomic E-state index is 0.0357. The standard InChI is InChI=1S/C27H40FN3O3/c1-5-23-26-21(17(2)19(7-6-13-33-4)8-11-22(26)28)15-24(30-23)18(3)31(20-9-10-20)27(32)25-16-29-12-14-34-25/h11,15,17-20,25,29H,5-10,12-14,16H2,1-4H3/t17?,18-,19?,25-/m1/s1. The Morgan fingerprint density at radius 1 is 1.41 bits per heavy atom. The van der Waals surface area contributed by atoms with Crippen molar-refractivity contribution in [1.82, 2.24) is 15.2 Å². The van der Waals surface area contributed by atoms with Crippen LogP contribution < -0.4 is 5.32 Å². The predicted octanol–water partition coefficient (Wildman–Crippen LogP) is 4.54. The molecule has 0 aromatic carbocycles. The molecule has 1 N–H and O–H groups in total. The van der Waals surface area contributed by atoms with Crippen LogP contribution in [-0.4, -0.2) is 61.3 Å². The molecule has 2 heterocycles. The molecule has 4 atom stereocenters. The lowest BCUT2D eigenvalue weighted by atomic mass is 9.81. The van der Waals surface area contributed by atoms with E-state index in [1.54, 1.807) is 13.2 Å². The number of nitrogens with one attached hydrogen (secondary N) is 1. The molecule has 0 bridgehead atoms. The second-order valence-electron chi connectivity index (χ2n) is 10.00. The fourth-order valence-electron chi connectivity index (χ4n) is 5.49. The molecule has 7 heteroatoms. The van der Waals surface area contributed by atoms with E-state index < -0.39 is 6.10 Å². The molecule has 1 saturated heterocycles. The van der Waals surface area contributed by atoms with Crippen molar-refractivity contribution in [2.24, 2.45) is 5.92 Å². The van der Waals surface area contributed by atoms with E-state index in [9.17, 15) is 4.79 Å². The van der Waals surface area contributed by atoms with E-state index in [0.29, 0.717) is 31.1 Å². The number of hydrogen-bond donors (Lipinski definition) is 1. The first-order chi connectivity index (χ1) is 16.5. The first kappa shape index (κ1) is 25.3. The summed E-state index contributed by atoms with van der Waals surface area (Å²) < 4.78 is 26.4. The molecule has 4 rings (SSSR count). The minimum Gasteiger partial charge on any atom is -0.385 e. The number of pyridine rings is 1. The lowest BCUT2D eigenvalue weighted by Crippen LogP contribution is -2.50. The van der Waals surface area contributed by atoms with Crippen molar-refractivity contribution >= 4 is 11.7 Å². The zero-order valence-electron chi connectivity index (χ0n) is 21.1. The lowest BCUT2D eigenvalue weighted by molar-refractivity contribution is -0.148. The van der Waals surface area contributed by atoms with E-state index in [4.69, 9.17) is 14.5 Å². The molecule has 1 aromatic rings. The van der Waals surface area contributed by atoms with Crippen molar-refractivity contribution in [2.75, 3.05) is 33.4 Å². The molecule has 1 amide bonds. The van der Waals surface area contributed by atoms with Gasteiger partial charge < -0.3 is 19.7 Å². The molecule has 2 unspecified atom stereocenters. The molecule has 6 nitrogen and oxygen atoms in total. The van der Waals surface area contributed by atoms with Crippen LogP contribution in [0.25, 0.3) is 5.83 Å². The summed E-state index contributed by atoms with van der Waals surface area (Å²) in [5.41, 5.74) is 3.35. The van der Waals surface area contributed by atoms with E-state index >= 15 is 4.39 Å². The van der Waals surface area contributed by atoms with Crippen molar-refractivity contribution in [3.63, 3.8) is 0 Å². The summed E-state index contributed by atoms with van der Waals surface area (Å²) in [4.78, 5) is 20.4. The topological polar surface area (TPSA) is 63.7 Å². The normalized spacial score (nSPS) is 25.8. The van der Waals surface area contributed by atoms with Gasteiger partial charge in [-0.2, -0.15) is 0 Å². The van der Waals surface area contributed by atoms with Crippen molar-refractivity contribution in [2.45, 2.75) is 83.4 Å². The number of hydrogen-bond acceptors (Lipinski definition) is 5. The fraction of sp³-hybridized carbons (Fsp3) is 0.704. The van der Waals surface area contributed by atoms with E-state index in [1.165, 1.54) is 0 Å². The Morgan fingerprint density at radius 3 is 2.85 bits per heavy atom. The van der Waals surface area contributed by atoms with E-state index in [0.717, 1.165) is 62.2 Å². The third-order valence-electron chi connectivity index (χ3n) is 7.68. The number of amides is 1. The Labute approximate surface area is 203 Å². The SMILES string of the molecule is CCc1nc([C@@H](C)N(C(=O)[C@H]2CNCCO2)C2CC2)cc2c1C(F)=CCC(CCCOC)C2C. The Morgan fingerprint density at radius 2 is 2.21 bits per heavy atom.